The van der Waals surface area contributed by atoms with Crippen LogP contribution in [0.1, 0.15) is 44.0 Å². The van der Waals surface area contributed by atoms with E-state index in [-0.39, 0.29) is 11.8 Å². The van der Waals surface area contributed by atoms with Gasteiger partial charge >= 0.3 is 0 Å². The number of carbonyl (C=O) groups is 2. The molecule has 1 aliphatic heterocycles. The summed E-state index contributed by atoms with van der Waals surface area (Å²) in [4.78, 5) is 25.8. The second-order valence-corrected chi connectivity index (χ2v) is 6.14. The maximum Gasteiger partial charge on any atom is 0.253 e. The van der Waals surface area contributed by atoms with Gasteiger partial charge in [-0.25, -0.2) is 0 Å². The minimum Gasteiger partial charge on any atom is -0.338 e. The number of likely N-dealkylation sites (tertiary alicyclic amines) is 1. The standard InChI is InChI=1S/C17H24N2O2/c1-4-16(20)18-15-7-5-14(6-8-15)17(21)19-10-12(2)9-13(3)11-19/h5-8,12-13H,4,9-11H2,1-3H3,(H,18,20)/t12-,13-/m0/s1. The van der Waals surface area contributed by atoms with Gasteiger partial charge in [0.2, 0.25) is 5.91 Å². The predicted octanol–water partition coefficient (Wildman–Crippen LogP) is 3.15. The van der Waals surface area contributed by atoms with Crippen LogP contribution in [0.3, 0.4) is 0 Å². The molecule has 4 nitrogen and oxygen atoms in total. The van der Waals surface area contributed by atoms with Gasteiger partial charge in [-0.05, 0) is 42.5 Å². The Kier molecular flexibility index (Phi) is 4.99. The second kappa shape index (κ2) is 6.74. The Morgan fingerprint density at radius 1 is 1.14 bits per heavy atom. The first-order valence-electron chi connectivity index (χ1n) is 7.68. The zero-order chi connectivity index (χ0) is 15.4. The Morgan fingerprint density at radius 2 is 1.71 bits per heavy atom. The van der Waals surface area contributed by atoms with Crippen molar-refractivity contribution in [1.82, 2.24) is 4.90 Å². The number of nitrogens with one attached hydrogen (secondary N) is 1. The molecule has 0 saturated carbocycles. The third-order valence-corrected chi connectivity index (χ3v) is 3.89. The summed E-state index contributed by atoms with van der Waals surface area (Å²) in [6.07, 6.45) is 1.63. The molecule has 2 atom stereocenters. The van der Waals surface area contributed by atoms with Crippen molar-refractivity contribution in [3.63, 3.8) is 0 Å². The fraction of sp³-hybridized carbons (Fsp3) is 0.529. The monoisotopic (exact) mass is 288 g/mol. The molecule has 1 N–H and O–H groups in total. The van der Waals surface area contributed by atoms with Gasteiger partial charge in [-0.15, -0.1) is 0 Å². The molecule has 0 aliphatic carbocycles. The van der Waals surface area contributed by atoms with Gasteiger partial charge in [-0.2, -0.15) is 0 Å². The number of hydrogen-bond donors (Lipinski definition) is 1. The summed E-state index contributed by atoms with van der Waals surface area (Å²) in [5.41, 5.74) is 1.42. The van der Waals surface area contributed by atoms with Crippen molar-refractivity contribution in [2.45, 2.75) is 33.6 Å². The highest BCUT2D eigenvalue weighted by Crippen LogP contribution is 2.23. The molecular weight excluding hydrogens is 264 g/mol. The Labute approximate surface area is 126 Å². The lowest BCUT2D eigenvalue weighted by Gasteiger charge is -2.35. The van der Waals surface area contributed by atoms with Crippen molar-refractivity contribution < 1.29 is 9.59 Å². The summed E-state index contributed by atoms with van der Waals surface area (Å²) in [5.74, 6) is 1.18. The van der Waals surface area contributed by atoms with Crippen LogP contribution >= 0.6 is 0 Å². The maximum absolute atomic E-state index is 12.5. The molecule has 21 heavy (non-hydrogen) atoms. The van der Waals surface area contributed by atoms with Gasteiger partial charge in [0.15, 0.2) is 0 Å². The van der Waals surface area contributed by atoms with Crippen molar-refractivity contribution in [2.75, 3.05) is 18.4 Å². The second-order valence-electron chi connectivity index (χ2n) is 6.14. The lowest BCUT2D eigenvalue weighted by atomic mass is 9.91. The largest absolute Gasteiger partial charge is 0.338 e. The van der Waals surface area contributed by atoms with Crippen LogP contribution in [0.2, 0.25) is 0 Å². The molecule has 2 rings (SSSR count). The van der Waals surface area contributed by atoms with Gasteiger partial charge in [-0.3, -0.25) is 9.59 Å². The molecule has 1 saturated heterocycles. The van der Waals surface area contributed by atoms with E-state index in [0.29, 0.717) is 23.8 Å². The number of piperidine rings is 1. The molecule has 4 heteroatoms. The number of benzene rings is 1. The molecule has 1 aromatic rings. The summed E-state index contributed by atoms with van der Waals surface area (Å²) in [7, 11) is 0. The summed E-state index contributed by atoms with van der Waals surface area (Å²) >= 11 is 0. The van der Waals surface area contributed by atoms with Gasteiger partial charge in [0, 0.05) is 30.8 Å². The Morgan fingerprint density at radius 3 is 2.24 bits per heavy atom. The lowest BCUT2D eigenvalue weighted by molar-refractivity contribution is -0.115. The van der Waals surface area contributed by atoms with Gasteiger partial charge in [0.05, 0.1) is 0 Å². The normalized spacial score (nSPS) is 22.0. The summed E-state index contributed by atoms with van der Waals surface area (Å²) < 4.78 is 0. The number of amides is 2. The first kappa shape index (κ1) is 15.5. The molecular formula is C17H24N2O2. The average Bonchev–Trinajstić information content (AvgIpc) is 2.46. The summed E-state index contributed by atoms with van der Waals surface area (Å²) in [5, 5.41) is 2.79. The Bertz CT molecular complexity index is 500. The predicted molar refractivity (Wildman–Crippen MR) is 84.2 cm³/mol. The SMILES string of the molecule is CCC(=O)Nc1ccc(C(=O)N2C[C@@H](C)C[C@H](C)C2)cc1. The maximum atomic E-state index is 12.5. The highest BCUT2D eigenvalue weighted by Gasteiger charge is 2.25. The Hall–Kier alpha value is -1.84. The van der Waals surface area contributed by atoms with Crippen LogP contribution in [0.4, 0.5) is 5.69 Å². The van der Waals surface area contributed by atoms with Crippen molar-refractivity contribution in [1.29, 1.82) is 0 Å². The van der Waals surface area contributed by atoms with E-state index in [9.17, 15) is 9.59 Å². The fourth-order valence-corrected chi connectivity index (χ4v) is 2.96. The van der Waals surface area contributed by atoms with Gasteiger partial charge in [0.1, 0.15) is 0 Å². The summed E-state index contributed by atoms with van der Waals surface area (Å²) in [6.45, 7) is 7.86. The van der Waals surface area contributed by atoms with E-state index in [4.69, 9.17) is 0 Å². The highest BCUT2D eigenvalue weighted by atomic mass is 16.2. The fourth-order valence-electron chi connectivity index (χ4n) is 2.96. The van der Waals surface area contributed by atoms with Crippen molar-refractivity contribution >= 4 is 17.5 Å². The average molecular weight is 288 g/mol. The smallest absolute Gasteiger partial charge is 0.253 e. The van der Waals surface area contributed by atoms with Gasteiger partial charge in [0.25, 0.3) is 5.91 Å². The molecule has 1 aliphatic rings. The van der Waals surface area contributed by atoms with Crippen LogP contribution in [-0.2, 0) is 4.79 Å². The number of rotatable bonds is 3. The first-order chi connectivity index (χ1) is 9.99. The molecule has 0 aromatic heterocycles. The molecule has 0 radical (unpaired) electrons. The molecule has 0 bridgehead atoms. The molecule has 2 amide bonds. The van der Waals surface area contributed by atoms with E-state index in [2.05, 4.69) is 19.2 Å². The van der Waals surface area contributed by atoms with Crippen LogP contribution in [0.15, 0.2) is 24.3 Å². The molecule has 114 valence electrons. The third kappa shape index (κ3) is 4.06. The molecule has 1 heterocycles. The summed E-state index contributed by atoms with van der Waals surface area (Å²) in [6, 6.07) is 7.16. The number of carbonyl (C=O) groups excluding carboxylic acids is 2. The van der Waals surface area contributed by atoms with E-state index >= 15 is 0 Å². The molecule has 0 unspecified atom stereocenters. The quantitative estimate of drug-likeness (QED) is 0.929. The number of hydrogen-bond acceptors (Lipinski definition) is 2. The van der Waals surface area contributed by atoms with Crippen molar-refractivity contribution in [3.05, 3.63) is 29.8 Å². The van der Waals surface area contributed by atoms with Crippen LogP contribution in [-0.4, -0.2) is 29.8 Å². The van der Waals surface area contributed by atoms with E-state index in [0.717, 1.165) is 18.8 Å². The van der Waals surface area contributed by atoms with E-state index in [1.165, 1.54) is 6.42 Å². The van der Waals surface area contributed by atoms with Crippen LogP contribution < -0.4 is 5.32 Å². The van der Waals surface area contributed by atoms with Gasteiger partial charge in [-0.1, -0.05) is 20.8 Å². The van der Waals surface area contributed by atoms with Gasteiger partial charge < -0.3 is 10.2 Å². The van der Waals surface area contributed by atoms with Crippen LogP contribution in [0.5, 0.6) is 0 Å². The minimum atomic E-state index is -0.0206. The topological polar surface area (TPSA) is 49.4 Å². The van der Waals surface area contributed by atoms with E-state index in [1.54, 1.807) is 24.3 Å². The molecule has 1 fully saturated rings. The highest BCUT2D eigenvalue weighted by molar-refractivity contribution is 5.95. The molecule has 0 spiro atoms. The number of nitrogens with zero attached hydrogens (tertiary/aromatic N) is 1. The minimum absolute atomic E-state index is 0.0206. The van der Waals surface area contributed by atoms with E-state index < -0.39 is 0 Å². The third-order valence-electron chi connectivity index (χ3n) is 3.89. The number of anilines is 1. The van der Waals surface area contributed by atoms with Crippen LogP contribution in [0, 0.1) is 11.8 Å². The zero-order valence-corrected chi connectivity index (χ0v) is 13.1. The molecule has 1 aromatic carbocycles. The lowest BCUT2D eigenvalue weighted by Crippen LogP contribution is -2.42. The van der Waals surface area contributed by atoms with E-state index in [1.807, 2.05) is 11.8 Å². The van der Waals surface area contributed by atoms with Crippen molar-refractivity contribution in [3.8, 4) is 0 Å². The first-order valence-corrected chi connectivity index (χ1v) is 7.68. The zero-order valence-electron chi connectivity index (χ0n) is 13.1. The van der Waals surface area contributed by atoms with Crippen molar-refractivity contribution in [2.24, 2.45) is 11.8 Å². The van der Waals surface area contributed by atoms with Crippen LogP contribution in [0.25, 0.3) is 0 Å². The Balaban J connectivity index is 2.04.